The lowest BCUT2D eigenvalue weighted by Gasteiger charge is -2.24. The average molecular weight is 255 g/mol. The minimum Gasteiger partial charge on any atom is -0.342 e. The van der Waals surface area contributed by atoms with Crippen LogP contribution in [0.1, 0.15) is 25.1 Å². The van der Waals surface area contributed by atoms with Crippen LogP contribution in [-0.4, -0.2) is 15.9 Å². The molecule has 1 aliphatic rings. The normalized spacial score (nSPS) is 15.0. The molecule has 1 fully saturated rings. The van der Waals surface area contributed by atoms with Gasteiger partial charge in [0, 0.05) is 11.6 Å². The molecule has 0 unspecified atom stereocenters. The van der Waals surface area contributed by atoms with Crippen LogP contribution in [0.3, 0.4) is 0 Å². The van der Waals surface area contributed by atoms with Crippen molar-refractivity contribution < 1.29 is 4.79 Å². The number of amides is 1. The van der Waals surface area contributed by atoms with E-state index in [-0.39, 0.29) is 11.8 Å². The fourth-order valence-corrected chi connectivity index (χ4v) is 2.22. The molecule has 0 atom stereocenters. The third kappa shape index (κ3) is 2.52. The third-order valence-electron chi connectivity index (χ3n) is 3.64. The van der Waals surface area contributed by atoms with E-state index in [9.17, 15) is 4.79 Å². The summed E-state index contributed by atoms with van der Waals surface area (Å²) >= 11 is 0. The number of nitrogens with zero attached hydrogens (tertiary/aromatic N) is 1. The Bertz CT molecular complexity index is 582. The number of rotatable bonds is 3. The Morgan fingerprint density at radius 2 is 2.05 bits per heavy atom. The molecule has 0 spiro atoms. The summed E-state index contributed by atoms with van der Waals surface area (Å²) in [6, 6.07) is 7.84. The molecule has 0 bridgehead atoms. The van der Waals surface area contributed by atoms with E-state index in [2.05, 4.69) is 15.3 Å². The van der Waals surface area contributed by atoms with E-state index in [0.717, 1.165) is 35.6 Å². The molecular weight excluding hydrogens is 238 g/mol. The number of carbonyl (C=O) groups excluding carboxylic acids is 1. The summed E-state index contributed by atoms with van der Waals surface area (Å²) in [4.78, 5) is 19.2. The second-order valence-corrected chi connectivity index (χ2v) is 5.08. The predicted octanol–water partition coefficient (Wildman–Crippen LogP) is 3.12. The van der Waals surface area contributed by atoms with E-state index >= 15 is 0 Å². The Morgan fingerprint density at radius 1 is 1.32 bits per heavy atom. The zero-order valence-electron chi connectivity index (χ0n) is 10.9. The van der Waals surface area contributed by atoms with Crippen LogP contribution in [-0.2, 0) is 4.79 Å². The fraction of sp³-hybridized carbons (Fsp3) is 0.333. The smallest absolute Gasteiger partial charge is 0.227 e. The lowest BCUT2D eigenvalue weighted by Crippen LogP contribution is -2.27. The number of benzene rings is 1. The topological polar surface area (TPSA) is 57.8 Å². The molecule has 1 heterocycles. The van der Waals surface area contributed by atoms with Gasteiger partial charge in [0.25, 0.3) is 0 Å². The molecule has 2 N–H and O–H groups in total. The number of aryl methyl sites for hydroxylation is 1. The lowest BCUT2D eigenvalue weighted by molar-refractivity contribution is -0.122. The zero-order chi connectivity index (χ0) is 13.2. The van der Waals surface area contributed by atoms with Crippen LogP contribution in [0.5, 0.6) is 0 Å². The van der Waals surface area contributed by atoms with Gasteiger partial charge in [-0.3, -0.25) is 4.79 Å². The highest BCUT2D eigenvalue weighted by Gasteiger charge is 2.24. The summed E-state index contributed by atoms with van der Waals surface area (Å²) in [6.45, 7) is 1.93. The fourth-order valence-electron chi connectivity index (χ4n) is 2.22. The van der Waals surface area contributed by atoms with E-state index in [0.29, 0.717) is 0 Å². The molecule has 4 nitrogen and oxygen atoms in total. The van der Waals surface area contributed by atoms with Crippen molar-refractivity contribution in [3.05, 3.63) is 36.3 Å². The first-order chi connectivity index (χ1) is 9.22. The minimum atomic E-state index is 0.149. The molecule has 0 saturated heterocycles. The highest BCUT2D eigenvalue weighted by atomic mass is 16.1. The van der Waals surface area contributed by atoms with Gasteiger partial charge < -0.3 is 10.3 Å². The number of anilines is 1. The molecule has 1 aliphatic carbocycles. The molecule has 3 rings (SSSR count). The second-order valence-electron chi connectivity index (χ2n) is 5.08. The predicted molar refractivity (Wildman–Crippen MR) is 74.7 cm³/mol. The van der Waals surface area contributed by atoms with Crippen molar-refractivity contribution in [1.82, 2.24) is 9.97 Å². The van der Waals surface area contributed by atoms with Crippen LogP contribution < -0.4 is 5.32 Å². The van der Waals surface area contributed by atoms with Crippen molar-refractivity contribution in [3.63, 3.8) is 0 Å². The van der Waals surface area contributed by atoms with Crippen LogP contribution in [0.2, 0.25) is 0 Å². The van der Waals surface area contributed by atoms with Gasteiger partial charge in [-0.25, -0.2) is 4.98 Å². The number of aromatic amines is 1. The molecule has 1 aromatic carbocycles. The van der Waals surface area contributed by atoms with E-state index < -0.39 is 0 Å². The van der Waals surface area contributed by atoms with E-state index in [1.807, 2.05) is 37.4 Å². The molecule has 1 saturated carbocycles. The van der Waals surface area contributed by atoms with Gasteiger partial charge in [-0.2, -0.15) is 0 Å². The highest BCUT2D eigenvalue weighted by Crippen LogP contribution is 2.28. The molecule has 98 valence electrons. The molecule has 4 heteroatoms. The van der Waals surface area contributed by atoms with Crippen molar-refractivity contribution in [2.24, 2.45) is 5.92 Å². The highest BCUT2D eigenvalue weighted by molar-refractivity contribution is 5.93. The Morgan fingerprint density at radius 3 is 2.58 bits per heavy atom. The van der Waals surface area contributed by atoms with Gasteiger partial charge >= 0.3 is 0 Å². The molecular formula is C15H17N3O. The number of nitrogens with one attached hydrogen (secondary N) is 2. The van der Waals surface area contributed by atoms with Crippen molar-refractivity contribution in [2.45, 2.75) is 26.2 Å². The first-order valence-electron chi connectivity index (χ1n) is 6.65. The third-order valence-corrected chi connectivity index (χ3v) is 3.64. The van der Waals surface area contributed by atoms with Crippen LogP contribution in [0, 0.1) is 12.8 Å². The summed E-state index contributed by atoms with van der Waals surface area (Å²) in [5.41, 5.74) is 2.92. The number of aromatic nitrogens is 2. The summed E-state index contributed by atoms with van der Waals surface area (Å²) in [6.07, 6.45) is 5.04. The molecule has 0 aliphatic heterocycles. The molecule has 0 radical (unpaired) electrons. The molecule has 2 aromatic rings. The van der Waals surface area contributed by atoms with Crippen LogP contribution >= 0.6 is 0 Å². The quantitative estimate of drug-likeness (QED) is 0.885. The number of hydrogen-bond acceptors (Lipinski definition) is 2. The summed E-state index contributed by atoms with van der Waals surface area (Å²) in [5, 5.41) is 2.96. The van der Waals surface area contributed by atoms with Gasteiger partial charge in [0.2, 0.25) is 5.91 Å². The van der Waals surface area contributed by atoms with E-state index in [1.165, 1.54) is 6.42 Å². The molecule has 1 amide bonds. The van der Waals surface area contributed by atoms with Gasteiger partial charge in [0.1, 0.15) is 5.82 Å². The Balaban J connectivity index is 1.70. The Labute approximate surface area is 112 Å². The SMILES string of the molecule is Cc1ncc(-c2ccc(NC(=O)C3CCC3)cc2)[nH]1. The van der Waals surface area contributed by atoms with Gasteiger partial charge in [0.05, 0.1) is 11.9 Å². The maximum Gasteiger partial charge on any atom is 0.227 e. The first kappa shape index (κ1) is 12.0. The molecule has 19 heavy (non-hydrogen) atoms. The zero-order valence-corrected chi connectivity index (χ0v) is 10.9. The van der Waals surface area contributed by atoms with Crippen LogP contribution in [0.25, 0.3) is 11.3 Å². The number of imidazole rings is 1. The standard InChI is InChI=1S/C15H17N3O/c1-10-16-9-14(17-10)11-5-7-13(8-6-11)18-15(19)12-3-2-4-12/h5-9,12H,2-4H2,1H3,(H,16,17)(H,18,19). The first-order valence-corrected chi connectivity index (χ1v) is 6.65. The summed E-state index contributed by atoms with van der Waals surface area (Å²) in [5.74, 6) is 1.27. The van der Waals surface area contributed by atoms with Gasteiger partial charge in [-0.05, 0) is 37.5 Å². The van der Waals surface area contributed by atoms with Crippen molar-refractivity contribution in [2.75, 3.05) is 5.32 Å². The van der Waals surface area contributed by atoms with Crippen LogP contribution in [0.4, 0.5) is 5.69 Å². The summed E-state index contributed by atoms with van der Waals surface area (Å²) < 4.78 is 0. The maximum absolute atomic E-state index is 11.8. The van der Waals surface area contributed by atoms with Crippen molar-refractivity contribution >= 4 is 11.6 Å². The number of H-pyrrole nitrogens is 1. The number of hydrogen-bond donors (Lipinski definition) is 2. The monoisotopic (exact) mass is 255 g/mol. The lowest BCUT2D eigenvalue weighted by atomic mass is 9.85. The van der Waals surface area contributed by atoms with Crippen LogP contribution in [0.15, 0.2) is 30.5 Å². The maximum atomic E-state index is 11.8. The van der Waals surface area contributed by atoms with Crippen molar-refractivity contribution in [3.8, 4) is 11.3 Å². The van der Waals surface area contributed by atoms with Gasteiger partial charge in [-0.15, -0.1) is 0 Å². The molecule has 1 aromatic heterocycles. The average Bonchev–Trinajstić information content (AvgIpc) is 2.74. The second kappa shape index (κ2) is 4.88. The largest absolute Gasteiger partial charge is 0.342 e. The number of carbonyl (C=O) groups is 1. The Hall–Kier alpha value is -2.10. The van der Waals surface area contributed by atoms with Crippen molar-refractivity contribution in [1.29, 1.82) is 0 Å². The Kier molecular flexibility index (Phi) is 3.07. The summed E-state index contributed by atoms with van der Waals surface area (Å²) in [7, 11) is 0. The van der Waals surface area contributed by atoms with E-state index in [1.54, 1.807) is 0 Å². The minimum absolute atomic E-state index is 0.149. The van der Waals surface area contributed by atoms with E-state index in [4.69, 9.17) is 0 Å². The van der Waals surface area contributed by atoms with Gasteiger partial charge in [0.15, 0.2) is 0 Å². The van der Waals surface area contributed by atoms with Gasteiger partial charge in [-0.1, -0.05) is 18.6 Å².